The van der Waals surface area contributed by atoms with Crippen LogP contribution in [0.1, 0.15) is 16.8 Å². The van der Waals surface area contributed by atoms with E-state index in [2.05, 4.69) is 21.2 Å². The van der Waals surface area contributed by atoms with Crippen LogP contribution in [-0.2, 0) is 4.79 Å². The van der Waals surface area contributed by atoms with Gasteiger partial charge in [-0.05, 0) is 28.1 Å². The lowest BCUT2D eigenvalue weighted by Crippen LogP contribution is -2.30. The molecule has 3 N–H and O–H groups in total. The number of carboxylic acid groups (broad SMARTS) is 1. The molecule has 0 aliphatic carbocycles. The third-order valence-corrected chi connectivity index (χ3v) is 2.80. The fourth-order valence-corrected chi connectivity index (χ4v) is 1.65. The molecule has 0 saturated carbocycles. The minimum absolute atomic E-state index is 0.0223. The molecule has 1 aromatic rings. The van der Waals surface area contributed by atoms with Gasteiger partial charge in [0.2, 0.25) is 0 Å². The average Bonchev–Trinajstić information content (AvgIpc) is 2.29. The van der Waals surface area contributed by atoms with Gasteiger partial charge in [0, 0.05) is 17.4 Å². The van der Waals surface area contributed by atoms with E-state index in [4.69, 9.17) is 10.2 Å². The van der Waals surface area contributed by atoms with Crippen LogP contribution in [0.2, 0.25) is 0 Å². The van der Waals surface area contributed by atoms with Gasteiger partial charge in [-0.3, -0.25) is 4.79 Å². The molecule has 1 atom stereocenters. The number of carbonyl (C=O) groups excluding carboxylic acids is 1. The number of carbonyl (C=O) groups is 2. The van der Waals surface area contributed by atoms with E-state index >= 15 is 0 Å². The molecule has 1 aromatic carbocycles. The summed E-state index contributed by atoms with van der Waals surface area (Å²) in [4.78, 5) is 22.0. The highest BCUT2D eigenvalue weighted by Gasteiger charge is 2.14. The normalized spacial score (nSPS) is 11.9. The second kappa shape index (κ2) is 6.36. The highest BCUT2D eigenvalue weighted by atomic mass is 79.9. The van der Waals surface area contributed by atoms with Crippen molar-refractivity contribution in [2.45, 2.75) is 12.5 Å². The number of nitrogens with one attached hydrogen (secondary N) is 1. The first-order valence-corrected chi connectivity index (χ1v) is 5.75. The molecule has 0 aliphatic rings. The quantitative estimate of drug-likeness (QED) is 0.758. The zero-order chi connectivity index (χ0) is 12.8. The van der Waals surface area contributed by atoms with Crippen molar-refractivity contribution in [2.75, 3.05) is 6.54 Å². The molecule has 1 rings (SSSR count). The minimum Gasteiger partial charge on any atom is -0.479 e. The number of halogens is 1. The van der Waals surface area contributed by atoms with E-state index in [-0.39, 0.29) is 18.9 Å². The Hall–Kier alpha value is -1.40. The number of hydrogen-bond donors (Lipinski definition) is 3. The van der Waals surface area contributed by atoms with Crippen LogP contribution in [0.5, 0.6) is 0 Å². The molecule has 0 aliphatic heterocycles. The summed E-state index contributed by atoms with van der Waals surface area (Å²) >= 11 is 3.24. The highest BCUT2D eigenvalue weighted by Crippen LogP contribution is 2.15. The monoisotopic (exact) mass is 301 g/mol. The summed E-state index contributed by atoms with van der Waals surface area (Å²) < 4.78 is 0.663. The molecule has 0 fully saturated rings. The topological polar surface area (TPSA) is 86.6 Å². The zero-order valence-corrected chi connectivity index (χ0v) is 10.5. The van der Waals surface area contributed by atoms with Crippen LogP contribution in [0.25, 0.3) is 0 Å². The summed E-state index contributed by atoms with van der Waals surface area (Å²) in [6.45, 7) is 0.105. The number of aliphatic carboxylic acids is 1. The molecule has 6 heteroatoms. The summed E-state index contributed by atoms with van der Waals surface area (Å²) in [5.41, 5.74) is 0.470. The van der Waals surface area contributed by atoms with Gasteiger partial charge < -0.3 is 15.5 Å². The first-order chi connectivity index (χ1) is 8.02. The average molecular weight is 302 g/mol. The summed E-state index contributed by atoms with van der Waals surface area (Å²) in [6.07, 6.45) is -1.47. The first kappa shape index (κ1) is 13.7. The Kier molecular flexibility index (Phi) is 5.11. The maximum absolute atomic E-state index is 11.6. The third kappa shape index (κ3) is 4.16. The van der Waals surface area contributed by atoms with Crippen molar-refractivity contribution in [1.29, 1.82) is 0 Å². The van der Waals surface area contributed by atoms with Crippen LogP contribution in [0, 0.1) is 0 Å². The standard InChI is InChI=1S/C11H12BrNO4/c12-8-4-2-1-3-7(8)10(15)13-6-5-9(14)11(16)17/h1-4,9,14H,5-6H2,(H,13,15)(H,16,17)/t9-/m0/s1. The summed E-state index contributed by atoms with van der Waals surface area (Å²) in [5, 5.41) is 20.0. The SMILES string of the molecule is O=C(NCC[C@H](O)C(=O)O)c1ccccc1Br. The van der Waals surface area contributed by atoms with Crippen molar-refractivity contribution >= 4 is 27.8 Å². The summed E-state index contributed by atoms with van der Waals surface area (Å²) in [5.74, 6) is -1.60. The summed E-state index contributed by atoms with van der Waals surface area (Å²) in [6, 6.07) is 6.90. The Morgan fingerprint density at radius 2 is 2.00 bits per heavy atom. The number of amides is 1. The van der Waals surface area contributed by atoms with Crippen LogP contribution >= 0.6 is 15.9 Å². The lowest BCUT2D eigenvalue weighted by atomic mass is 10.2. The fraction of sp³-hybridized carbons (Fsp3) is 0.273. The maximum Gasteiger partial charge on any atom is 0.332 e. The first-order valence-electron chi connectivity index (χ1n) is 4.96. The molecule has 0 bridgehead atoms. The Labute approximate surface area is 107 Å². The second-order valence-corrected chi connectivity index (χ2v) is 4.23. The number of carboxylic acids is 1. The number of aliphatic hydroxyl groups excluding tert-OH is 1. The van der Waals surface area contributed by atoms with E-state index in [1.165, 1.54) is 0 Å². The number of aliphatic hydroxyl groups is 1. The maximum atomic E-state index is 11.6. The molecule has 1 amide bonds. The number of rotatable bonds is 5. The molecule has 92 valence electrons. The predicted octanol–water partition coefficient (Wildman–Crippen LogP) is 1.01. The second-order valence-electron chi connectivity index (χ2n) is 3.38. The van der Waals surface area contributed by atoms with Gasteiger partial charge >= 0.3 is 5.97 Å². The zero-order valence-electron chi connectivity index (χ0n) is 8.89. The van der Waals surface area contributed by atoms with E-state index in [9.17, 15) is 9.59 Å². The molecule has 0 spiro atoms. The van der Waals surface area contributed by atoms with Gasteiger partial charge in [-0.1, -0.05) is 12.1 Å². The van der Waals surface area contributed by atoms with Gasteiger partial charge in [0.05, 0.1) is 5.56 Å². The number of hydrogen-bond acceptors (Lipinski definition) is 3. The molecule has 0 radical (unpaired) electrons. The fourth-order valence-electron chi connectivity index (χ4n) is 1.19. The van der Waals surface area contributed by atoms with Crippen molar-refractivity contribution in [1.82, 2.24) is 5.32 Å². The van der Waals surface area contributed by atoms with Gasteiger partial charge in [-0.2, -0.15) is 0 Å². The van der Waals surface area contributed by atoms with E-state index in [0.717, 1.165) is 0 Å². The lowest BCUT2D eigenvalue weighted by Gasteiger charge is -2.08. The van der Waals surface area contributed by atoms with E-state index < -0.39 is 12.1 Å². The van der Waals surface area contributed by atoms with Gasteiger partial charge in [0.15, 0.2) is 6.10 Å². The molecule has 0 aromatic heterocycles. The van der Waals surface area contributed by atoms with Crippen molar-refractivity contribution < 1.29 is 19.8 Å². The Morgan fingerprint density at radius 1 is 1.35 bits per heavy atom. The molecule has 0 heterocycles. The van der Waals surface area contributed by atoms with E-state index in [0.29, 0.717) is 10.0 Å². The largest absolute Gasteiger partial charge is 0.479 e. The molecule has 17 heavy (non-hydrogen) atoms. The van der Waals surface area contributed by atoms with E-state index in [1.807, 2.05) is 0 Å². The van der Waals surface area contributed by atoms with Crippen molar-refractivity contribution in [3.05, 3.63) is 34.3 Å². The van der Waals surface area contributed by atoms with Crippen LogP contribution < -0.4 is 5.32 Å². The van der Waals surface area contributed by atoms with Crippen molar-refractivity contribution in [2.24, 2.45) is 0 Å². The predicted molar refractivity (Wildman–Crippen MR) is 64.7 cm³/mol. The van der Waals surface area contributed by atoms with Crippen LogP contribution in [0.15, 0.2) is 28.7 Å². The van der Waals surface area contributed by atoms with Crippen molar-refractivity contribution in [3.63, 3.8) is 0 Å². The number of benzene rings is 1. The third-order valence-electron chi connectivity index (χ3n) is 2.11. The molecule has 5 nitrogen and oxygen atoms in total. The van der Waals surface area contributed by atoms with Crippen LogP contribution in [0.4, 0.5) is 0 Å². The highest BCUT2D eigenvalue weighted by molar-refractivity contribution is 9.10. The van der Waals surface area contributed by atoms with Gasteiger partial charge in [0.1, 0.15) is 0 Å². The minimum atomic E-state index is -1.45. The van der Waals surface area contributed by atoms with Gasteiger partial charge in [0.25, 0.3) is 5.91 Å². The molecule has 0 unspecified atom stereocenters. The van der Waals surface area contributed by atoms with Crippen LogP contribution in [-0.4, -0.2) is 34.7 Å². The van der Waals surface area contributed by atoms with E-state index in [1.54, 1.807) is 24.3 Å². The Balaban J connectivity index is 2.46. The van der Waals surface area contributed by atoms with Crippen LogP contribution in [0.3, 0.4) is 0 Å². The van der Waals surface area contributed by atoms with Gasteiger partial charge in [-0.25, -0.2) is 4.79 Å². The Bertz CT molecular complexity index is 422. The smallest absolute Gasteiger partial charge is 0.332 e. The Morgan fingerprint density at radius 3 is 2.59 bits per heavy atom. The molecule has 0 saturated heterocycles. The van der Waals surface area contributed by atoms with Gasteiger partial charge in [-0.15, -0.1) is 0 Å². The molecular weight excluding hydrogens is 290 g/mol. The lowest BCUT2D eigenvalue weighted by molar-refractivity contribution is -0.146. The van der Waals surface area contributed by atoms with Crippen molar-refractivity contribution in [3.8, 4) is 0 Å². The molecular formula is C11H12BrNO4. The summed E-state index contributed by atoms with van der Waals surface area (Å²) in [7, 11) is 0.